The molecule has 230 valence electrons. The van der Waals surface area contributed by atoms with Gasteiger partial charge in [-0.05, 0) is 42.2 Å². The lowest BCUT2D eigenvalue weighted by atomic mass is 9.66. The lowest BCUT2D eigenvalue weighted by molar-refractivity contribution is -0.155. The van der Waals surface area contributed by atoms with Crippen LogP contribution in [0.3, 0.4) is 0 Å². The van der Waals surface area contributed by atoms with Crippen LogP contribution in [-0.4, -0.2) is 76.2 Å². The van der Waals surface area contributed by atoms with Gasteiger partial charge >= 0.3 is 0 Å². The predicted octanol–water partition coefficient (Wildman–Crippen LogP) is 4.66. The Morgan fingerprint density at radius 2 is 1.65 bits per heavy atom. The van der Waals surface area contributed by atoms with Crippen LogP contribution in [-0.2, 0) is 22.2 Å². The van der Waals surface area contributed by atoms with Gasteiger partial charge in [0.2, 0.25) is 5.91 Å². The average molecular weight is 630 g/mol. The zero-order valence-corrected chi connectivity index (χ0v) is 27.0. The topological polar surface area (TPSA) is 112 Å². The Kier molecular flexibility index (Phi) is 9.03. The number of piperidine rings is 1. The van der Waals surface area contributed by atoms with Crippen molar-refractivity contribution in [2.24, 2.45) is 18.4 Å². The second kappa shape index (κ2) is 11.9. The summed E-state index contributed by atoms with van der Waals surface area (Å²) in [6, 6.07) is 9.28. The molecule has 2 aromatic carbocycles. The number of amides is 3. The van der Waals surface area contributed by atoms with Crippen molar-refractivity contribution in [3.05, 3.63) is 69.3 Å². The number of fused-ring (bicyclic) bond motifs is 1. The second-order valence-electron chi connectivity index (χ2n) is 12.5. The van der Waals surface area contributed by atoms with Gasteiger partial charge in [-0.3, -0.25) is 19.2 Å². The lowest BCUT2D eigenvalue weighted by Crippen LogP contribution is -2.60. The highest BCUT2D eigenvalue weighted by molar-refractivity contribution is 6.45. The van der Waals surface area contributed by atoms with Gasteiger partial charge in [-0.2, -0.15) is 0 Å². The van der Waals surface area contributed by atoms with Crippen molar-refractivity contribution in [1.29, 1.82) is 0 Å². The molecule has 2 N–H and O–H groups in total. The van der Waals surface area contributed by atoms with Gasteiger partial charge in [0, 0.05) is 56.3 Å². The van der Waals surface area contributed by atoms with E-state index in [2.05, 4.69) is 5.32 Å². The van der Waals surface area contributed by atoms with E-state index >= 15 is 0 Å². The normalized spacial score (nSPS) is 18.9. The first-order valence-electron chi connectivity index (χ1n) is 14.1. The standard InChI is InChI=1S/C32H38Cl2N4O5/c1-18(2)26(29(41)38-13-12-32(43,31(3,4)17-38)19-8-10-20(33)11-9-19)35-28(40)22-14-21-23(27(39)30(42)36(5)6)16-37(7)25(21)15-24(22)34/h8-11,14-16,18,26,43H,12-13,17H2,1-7H3,(H,35,40)/t26-,32+/m1/s1. The van der Waals surface area contributed by atoms with Gasteiger partial charge in [-0.15, -0.1) is 0 Å². The summed E-state index contributed by atoms with van der Waals surface area (Å²) in [6.45, 7) is 8.08. The third-order valence-corrected chi connectivity index (χ3v) is 9.03. The molecule has 0 radical (unpaired) electrons. The first-order valence-corrected chi connectivity index (χ1v) is 14.9. The SMILES string of the molecule is CC(C)[C@@H](NC(=O)c1cc2c(C(=O)C(=O)N(C)C)cn(C)c2cc1Cl)C(=O)N1CC[C@](O)(c2ccc(Cl)cc2)C(C)(C)C1. The summed E-state index contributed by atoms with van der Waals surface area (Å²) in [5, 5.41) is 15.7. The number of nitrogens with one attached hydrogen (secondary N) is 1. The quantitative estimate of drug-likeness (QED) is 0.292. The van der Waals surface area contributed by atoms with E-state index in [0.29, 0.717) is 28.9 Å². The molecule has 9 nitrogen and oxygen atoms in total. The number of aryl methyl sites for hydroxylation is 1. The van der Waals surface area contributed by atoms with Crippen molar-refractivity contribution in [3.8, 4) is 0 Å². The summed E-state index contributed by atoms with van der Waals surface area (Å²) in [5.41, 5.74) is -0.319. The fraction of sp³-hybridized carbons (Fsp3) is 0.438. The Morgan fingerprint density at radius 3 is 2.21 bits per heavy atom. The van der Waals surface area contributed by atoms with Gasteiger partial charge in [-0.25, -0.2) is 0 Å². The number of carbonyl (C=O) groups is 4. The monoisotopic (exact) mass is 628 g/mol. The van der Waals surface area contributed by atoms with Crippen LogP contribution in [0.1, 0.15) is 60.4 Å². The van der Waals surface area contributed by atoms with Crippen molar-refractivity contribution in [3.63, 3.8) is 0 Å². The third kappa shape index (κ3) is 6.03. The second-order valence-corrected chi connectivity index (χ2v) is 13.3. The third-order valence-electron chi connectivity index (χ3n) is 8.47. The molecule has 2 heterocycles. The number of halogens is 2. The van der Waals surface area contributed by atoms with Crippen LogP contribution in [0.15, 0.2) is 42.6 Å². The van der Waals surface area contributed by atoms with Crippen molar-refractivity contribution in [2.45, 2.75) is 45.8 Å². The van der Waals surface area contributed by atoms with Gasteiger partial charge in [0.05, 0.1) is 27.3 Å². The Morgan fingerprint density at radius 1 is 1.02 bits per heavy atom. The molecule has 3 aromatic rings. The molecule has 0 aliphatic carbocycles. The molecule has 2 atom stereocenters. The molecule has 0 spiro atoms. The van der Waals surface area contributed by atoms with E-state index in [-0.39, 0.29) is 34.5 Å². The maximum absolute atomic E-state index is 13.9. The molecule has 4 rings (SSSR count). The van der Waals surface area contributed by atoms with Crippen molar-refractivity contribution in [1.82, 2.24) is 19.7 Å². The fourth-order valence-corrected chi connectivity index (χ4v) is 6.15. The minimum absolute atomic E-state index is 0.0845. The number of aliphatic hydroxyl groups is 1. The predicted molar refractivity (Wildman–Crippen MR) is 167 cm³/mol. The average Bonchev–Trinajstić information content (AvgIpc) is 3.26. The number of likely N-dealkylation sites (tertiary alicyclic amines) is 1. The molecule has 0 saturated carbocycles. The van der Waals surface area contributed by atoms with Crippen LogP contribution in [0.4, 0.5) is 0 Å². The summed E-state index contributed by atoms with van der Waals surface area (Å²) in [5.74, 6) is -2.49. The number of carbonyl (C=O) groups excluding carboxylic acids is 4. The highest BCUT2D eigenvalue weighted by Gasteiger charge is 2.50. The smallest absolute Gasteiger partial charge is 0.294 e. The van der Waals surface area contributed by atoms with Crippen molar-refractivity contribution < 1.29 is 24.3 Å². The number of ketones is 1. The number of nitrogens with zero attached hydrogens (tertiary/aromatic N) is 3. The zero-order valence-electron chi connectivity index (χ0n) is 25.5. The molecule has 11 heteroatoms. The Balaban J connectivity index is 1.59. The lowest BCUT2D eigenvalue weighted by Gasteiger charge is -2.51. The van der Waals surface area contributed by atoms with Crippen LogP contribution >= 0.6 is 23.2 Å². The summed E-state index contributed by atoms with van der Waals surface area (Å²) in [6.07, 6.45) is 1.85. The van der Waals surface area contributed by atoms with Crippen LogP contribution < -0.4 is 5.32 Å². The van der Waals surface area contributed by atoms with E-state index in [9.17, 15) is 24.3 Å². The van der Waals surface area contributed by atoms with Gasteiger partial charge < -0.3 is 24.8 Å². The number of hydrogen-bond acceptors (Lipinski definition) is 5. The molecule has 1 aromatic heterocycles. The Bertz CT molecular complexity index is 1600. The maximum Gasteiger partial charge on any atom is 0.294 e. The van der Waals surface area contributed by atoms with Gasteiger partial charge in [0.25, 0.3) is 17.6 Å². The van der Waals surface area contributed by atoms with Crippen LogP contribution in [0, 0.1) is 11.3 Å². The summed E-state index contributed by atoms with van der Waals surface area (Å²) in [4.78, 5) is 55.6. The first-order chi connectivity index (χ1) is 20.0. The van der Waals surface area contributed by atoms with E-state index in [1.165, 1.54) is 31.3 Å². The molecule has 1 aliphatic rings. The van der Waals surface area contributed by atoms with E-state index in [0.717, 1.165) is 5.56 Å². The van der Waals surface area contributed by atoms with Crippen molar-refractivity contribution >= 4 is 57.6 Å². The van der Waals surface area contributed by atoms with Crippen molar-refractivity contribution in [2.75, 3.05) is 27.2 Å². The van der Waals surface area contributed by atoms with E-state index in [1.807, 2.05) is 27.7 Å². The van der Waals surface area contributed by atoms with Gasteiger partial charge in [-0.1, -0.05) is 63.0 Å². The summed E-state index contributed by atoms with van der Waals surface area (Å²) < 4.78 is 1.67. The van der Waals surface area contributed by atoms with Gasteiger partial charge in [0.15, 0.2) is 0 Å². The Hall–Kier alpha value is -3.40. The summed E-state index contributed by atoms with van der Waals surface area (Å²) >= 11 is 12.6. The molecule has 1 fully saturated rings. The minimum Gasteiger partial charge on any atom is -0.384 e. The van der Waals surface area contributed by atoms with Gasteiger partial charge in [0.1, 0.15) is 6.04 Å². The van der Waals surface area contributed by atoms with E-state index in [1.54, 1.807) is 46.8 Å². The summed E-state index contributed by atoms with van der Waals surface area (Å²) in [7, 11) is 4.70. The zero-order chi connectivity index (χ0) is 32.0. The number of hydrogen-bond donors (Lipinski definition) is 2. The first kappa shape index (κ1) is 32.5. The fourth-order valence-electron chi connectivity index (χ4n) is 5.78. The molecule has 0 unspecified atom stereocenters. The van der Waals surface area contributed by atoms with Crippen LogP contribution in [0.5, 0.6) is 0 Å². The maximum atomic E-state index is 13.9. The van der Waals surface area contributed by atoms with Crippen LogP contribution in [0.2, 0.25) is 10.0 Å². The highest BCUT2D eigenvalue weighted by Crippen LogP contribution is 2.46. The highest BCUT2D eigenvalue weighted by atomic mass is 35.5. The number of aromatic nitrogens is 1. The number of rotatable bonds is 7. The molecule has 43 heavy (non-hydrogen) atoms. The minimum atomic E-state index is -1.17. The largest absolute Gasteiger partial charge is 0.384 e. The number of Topliss-reactive ketones (excluding diaryl/α,β-unsaturated/α-hetero) is 1. The molecular formula is C32H38Cl2N4O5. The molecule has 3 amide bonds. The molecule has 1 aliphatic heterocycles. The molecular weight excluding hydrogens is 591 g/mol. The number of benzene rings is 2. The van der Waals surface area contributed by atoms with E-state index in [4.69, 9.17) is 23.2 Å². The molecule has 1 saturated heterocycles. The Labute approximate surface area is 261 Å². The van der Waals surface area contributed by atoms with E-state index < -0.39 is 34.7 Å². The molecule has 0 bridgehead atoms. The van der Waals surface area contributed by atoms with Crippen LogP contribution in [0.25, 0.3) is 10.9 Å². The number of likely N-dealkylation sites (N-methyl/N-ethyl adjacent to an activating group) is 1.